The van der Waals surface area contributed by atoms with E-state index < -0.39 is 11.6 Å². The molecule has 0 N–H and O–H groups in total. The number of anilines is 1. The van der Waals surface area contributed by atoms with Gasteiger partial charge in [-0.3, -0.25) is 0 Å². The molecule has 0 radical (unpaired) electrons. The minimum absolute atomic E-state index is 0.437. The Bertz CT molecular complexity index is 431. The molecule has 4 heteroatoms. The molecule has 0 fully saturated rings. The molecule has 0 aromatic heterocycles. The topological polar surface area (TPSA) is 43.4 Å². The van der Waals surface area contributed by atoms with Crippen LogP contribution in [0.15, 0.2) is 24.3 Å². The fourth-order valence-electron chi connectivity index (χ4n) is 1.31. The summed E-state index contributed by atoms with van der Waals surface area (Å²) in [5.74, 6) is 2.41. The van der Waals surface area contributed by atoms with Crippen molar-refractivity contribution in [1.29, 1.82) is 0 Å². The zero-order valence-corrected chi connectivity index (χ0v) is 9.78. The Labute approximate surface area is 99.6 Å². The van der Waals surface area contributed by atoms with Gasteiger partial charge in [-0.1, -0.05) is 17.5 Å². The van der Waals surface area contributed by atoms with Crippen molar-refractivity contribution in [1.82, 2.24) is 0 Å². The van der Waals surface area contributed by atoms with Crippen LogP contribution in [0.4, 0.5) is 10.5 Å². The number of nitrogens with zero attached hydrogens (tertiary/aromatic N) is 1. The minimum Gasteiger partial charge on any atom is -0.530 e. The smallest absolute Gasteiger partial charge is 0.142 e. The van der Waals surface area contributed by atoms with E-state index in [1.807, 2.05) is 0 Å². The first kappa shape index (κ1) is 12.4. The van der Waals surface area contributed by atoms with Crippen molar-refractivity contribution in [2.45, 2.75) is 19.4 Å². The zero-order chi connectivity index (χ0) is 12.3. The number of benzene rings is 1. The van der Waals surface area contributed by atoms with E-state index in [1.54, 1.807) is 38.1 Å². The molecule has 0 unspecified atom stereocenters. The quantitative estimate of drug-likeness (QED) is 0.736. The lowest BCUT2D eigenvalue weighted by Crippen LogP contribution is -2.52. The summed E-state index contributed by atoms with van der Waals surface area (Å²) in [6, 6.07) is 6.35. The average Bonchev–Trinajstić information content (AvgIpc) is 2.20. The Balaban J connectivity index is 3.20. The first-order valence-corrected chi connectivity index (χ1v) is 5.01. The van der Waals surface area contributed by atoms with Crippen molar-refractivity contribution < 1.29 is 9.90 Å². The fourth-order valence-corrected chi connectivity index (χ4v) is 1.44. The van der Waals surface area contributed by atoms with Gasteiger partial charge in [0, 0.05) is 10.7 Å². The molecule has 0 bridgehead atoms. The van der Waals surface area contributed by atoms with Gasteiger partial charge in [0.05, 0.1) is 0 Å². The summed E-state index contributed by atoms with van der Waals surface area (Å²) < 4.78 is 0. The molecule has 0 aliphatic carbocycles. The molecule has 1 rings (SSSR count). The van der Waals surface area contributed by atoms with Gasteiger partial charge in [0.1, 0.15) is 11.6 Å². The van der Waals surface area contributed by atoms with Gasteiger partial charge < -0.3 is 14.8 Å². The summed E-state index contributed by atoms with van der Waals surface area (Å²) in [4.78, 5) is 12.1. The lowest BCUT2D eigenvalue weighted by Gasteiger charge is -2.36. The van der Waals surface area contributed by atoms with Gasteiger partial charge in [0.15, 0.2) is 0 Å². The molecule has 1 aromatic rings. The number of carboxylic acid groups (broad SMARTS) is 1. The molecule has 0 spiro atoms. The number of amides is 1. The monoisotopic (exact) mass is 236 g/mol. The third-order valence-electron chi connectivity index (χ3n) is 2.18. The number of hydrogen-bond acceptors (Lipinski definition) is 2. The van der Waals surface area contributed by atoms with E-state index in [4.69, 9.17) is 18.0 Å². The number of terminal acetylenes is 1. The van der Waals surface area contributed by atoms with Crippen molar-refractivity contribution in [3.63, 3.8) is 0 Å². The van der Waals surface area contributed by atoms with E-state index in [0.29, 0.717) is 10.7 Å². The van der Waals surface area contributed by atoms with Gasteiger partial charge in [-0.05, 0) is 38.1 Å². The number of carbonyl (C=O) groups is 1. The lowest BCUT2D eigenvalue weighted by molar-refractivity contribution is -0.247. The van der Waals surface area contributed by atoms with E-state index in [-0.39, 0.29) is 0 Å². The zero-order valence-electron chi connectivity index (χ0n) is 9.03. The third-order valence-corrected chi connectivity index (χ3v) is 2.43. The second kappa shape index (κ2) is 4.46. The molecule has 0 atom stereocenters. The van der Waals surface area contributed by atoms with Gasteiger partial charge in [-0.25, -0.2) is 0 Å². The molecular weight excluding hydrogens is 226 g/mol. The molecule has 0 heterocycles. The van der Waals surface area contributed by atoms with Crippen LogP contribution in [0.2, 0.25) is 5.02 Å². The summed E-state index contributed by atoms with van der Waals surface area (Å²) in [7, 11) is 0. The van der Waals surface area contributed by atoms with Crippen LogP contribution in [0.5, 0.6) is 0 Å². The van der Waals surface area contributed by atoms with Crippen LogP contribution in [-0.2, 0) is 0 Å². The number of halogens is 1. The van der Waals surface area contributed by atoms with Crippen LogP contribution in [0.25, 0.3) is 0 Å². The first-order chi connectivity index (χ1) is 7.38. The maximum absolute atomic E-state index is 11.1. The highest BCUT2D eigenvalue weighted by molar-refractivity contribution is 6.30. The van der Waals surface area contributed by atoms with E-state index in [9.17, 15) is 9.90 Å². The van der Waals surface area contributed by atoms with E-state index >= 15 is 0 Å². The summed E-state index contributed by atoms with van der Waals surface area (Å²) in [6.45, 7) is 3.24. The largest absolute Gasteiger partial charge is 0.530 e. The maximum atomic E-state index is 11.1. The summed E-state index contributed by atoms with van der Waals surface area (Å²) in [5, 5.41) is 11.6. The molecule has 1 aromatic carbocycles. The SMILES string of the molecule is C#CC(C)(C)N(C(=O)[O-])c1ccc(Cl)cc1. The van der Waals surface area contributed by atoms with Crippen molar-refractivity contribution in [2.75, 3.05) is 4.90 Å². The summed E-state index contributed by atoms with van der Waals surface area (Å²) in [5.41, 5.74) is -0.528. The normalized spacial score (nSPS) is 10.6. The molecule has 0 saturated carbocycles. The fraction of sp³-hybridized carbons (Fsp3) is 0.250. The molecule has 84 valence electrons. The molecule has 0 aliphatic heterocycles. The Morgan fingerprint density at radius 1 is 1.44 bits per heavy atom. The first-order valence-electron chi connectivity index (χ1n) is 4.63. The Hall–Kier alpha value is -1.66. The van der Waals surface area contributed by atoms with Gasteiger partial charge in [0.25, 0.3) is 0 Å². The predicted molar refractivity (Wildman–Crippen MR) is 62.2 cm³/mol. The number of carbonyl (C=O) groups excluding carboxylic acids is 1. The summed E-state index contributed by atoms with van der Waals surface area (Å²) in [6.07, 6.45) is 3.96. The molecule has 0 aliphatic rings. The van der Waals surface area contributed by atoms with Crippen molar-refractivity contribution in [3.05, 3.63) is 29.3 Å². The van der Waals surface area contributed by atoms with Crippen LogP contribution in [-0.4, -0.2) is 11.6 Å². The van der Waals surface area contributed by atoms with Crippen LogP contribution in [0.3, 0.4) is 0 Å². The van der Waals surface area contributed by atoms with Gasteiger partial charge in [-0.15, -0.1) is 6.42 Å². The van der Waals surface area contributed by atoms with Crippen LogP contribution in [0.1, 0.15) is 13.8 Å². The highest BCUT2D eigenvalue weighted by atomic mass is 35.5. The standard InChI is InChI=1S/C12H12ClNO2/c1-4-12(2,3)14(11(15)16)10-7-5-9(13)6-8-10/h1,5-8H,2-3H3,(H,15,16)/p-1. The van der Waals surface area contributed by atoms with Gasteiger partial charge in [-0.2, -0.15) is 0 Å². The molecule has 0 saturated heterocycles. The Morgan fingerprint density at radius 2 is 1.94 bits per heavy atom. The molecule has 16 heavy (non-hydrogen) atoms. The molecule has 1 amide bonds. The Morgan fingerprint density at radius 3 is 2.31 bits per heavy atom. The minimum atomic E-state index is -1.34. The molecular formula is C12H11ClNO2-. The number of hydrogen-bond donors (Lipinski definition) is 0. The van der Waals surface area contributed by atoms with E-state index in [2.05, 4.69) is 5.92 Å². The second-order valence-electron chi connectivity index (χ2n) is 3.78. The van der Waals surface area contributed by atoms with Gasteiger partial charge in [0.2, 0.25) is 0 Å². The van der Waals surface area contributed by atoms with E-state index in [1.165, 1.54) is 0 Å². The second-order valence-corrected chi connectivity index (χ2v) is 4.22. The maximum Gasteiger partial charge on any atom is 0.142 e. The predicted octanol–water partition coefficient (Wildman–Crippen LogP) is 1.90. The lowest BCUT2D eigenvalue weighted by atomic mass is 10.0. The average molecular weight is 237 g/mol. The number of rotatable bonds is 2. The van der Waals surface area contributed by atoms with E-state index in [0.717, 1.165) is 4.90 Å². The van der Waals surface area contributed by atoms with Gasteiger partial charge >= 0.3 is 0 Å². The van der Waals surface area contributed by atoms with Crippen LogP contribution in [0, 0.1) is 12.3 Å². The third kappa shape index (κ3) is 2.47. The highest BCUT2D eigenvalue weighted by Crippen LogP contribution is 2.24. The highest BCUT2D eigenvalue weighted by Gasteiger charge is 2.25. The molecule has 3 nitrogen and oxygen atoms in total. The van der Waals surface area contributed by atoms with Crippen LogP contribution >= 0.6 is 11.6 Å². The van der Waals surface area contributed by atoms with Crippen molar-refractivity contribution >= 4 is 23.4 Å². The Kier molecular flexibility index (Phi) is 3.46. The summed E-state index contributed by atoms with van der Waals surface area (Å²) >= 11 is 5.72. The van der Waals surface area contributed by atoms with Crippen molar-refractivity contribution in [3.8, 4) is 12.3 Å². The van der Waals surface area contributed by atoms with Crippen molar-refractivity contribution in [2.24, 2.45) is 0 Å². The van der Waals surface area contributed by atoms with Crippen LogP contribution < -0.4 is 10.0 Å².